The van der Waals surface area contributed by atoms with E-state index in [1.807, 2.05) is 12.1 Å². The highest BCUT2D eigenvalue weighted by molar-refractivity contribution is 6.31. The summed E-state index contributed by atoms with van der Waals surface area (Å²) in [6.07, 6.45) is 3.28. The number of aryl methyl sites for hydroxylation is 1. The summed E-state index contributed by atoms with van der Waals surface area (Å²) in [6, 6.07) is 12.1. The van der Waals surface area contributed by atoms with E-state index in [2.05, 4.69) is 43.4 Å². The molecule has 0 bridgehead atoms. The number of ether oxygens (including phenoxy) is 3. The van der Waals surface area contributed by atoms with Crippen LogP contribution in [0, 0.1) is 6.92 Å². The lowest BCUT2D eigenvalue weighted by molar-refractivity contribution is 0.129. The van der Waals surface area contributed by atoms with Gasteiger partial charge in [-0.1, -0.05) is 54.8 Å². The van der Waals surface area contributed by atoms with E-state index in [0.717, 1.165) is 43.7 Å². The Morgan fingerprint density at radius 1 is 1.00 bits per heavy atom. The minimum absolute atomic E-state index is 0.475. The van der Waals surface area contributed by atoms with Gasteiger partial charge in [-0.25, -0.2) is 0 Å². The first-order valence-corrected chi connectivity index (χ1v) is 10.3. The Balaban J connectivity index is 1.83. The summed E-state index contributed by atoms with van der Waals surface area (Å²) < 4.78 is 17.0. The Bertz CT molecular complexity index is 704. The zero-order chi connectivity index (χ0) is 20.2. The predicted octanol–water partition coefficient (Wildman–Crippen LogP) is 5.53. The maximum atomic E-state index is 6.46. The Morgan fingerprint density at radius 2 is 1.75 bits per heavy atom. The van der Waals surface area contributed by atoms with Crippen molar-refractivity contribution in [2.45, 2.75) is 46.3 Å². The van der Waals surface area contributed by atoms with Crippen LogP contribution >= 0.6 is 11.6 Å². The fourth-order valence-corrected chi connectivity index (χ4v) is 2.92. The van der Waals surface area contributed by atoms with E-state index in [9.17, 15) is 0 Å². The number of unbranched alkanes of at least 4 members (excludes halogenated alkanes) is 1. The molecular formula is C23H32ClNO3. The molecule has 1 N–H and O–H groups in total. The standard InChI is InChI=1S/C23H32ClNO3/c1-4-5-12-27-13-6-11-25-16-20-14-22(26-3)23(15-21(20)24)28-17-19-9-7-18(2)8-10-19/h7-10,14-15,25H,4-6,11-13,16-17H2,1-3H3. The second kappa shape index (κ2) is 12.7. The molecule has 4 nitrogen and oxygen atoms in total. The van der Waals surface area contributed by atoms with Crippen molar-refractivity contribution in [1.82, 2.24) is 5.32 Å². The van der Waals surface area contributed by atoms with Crippen molar-refractivity contribution in [2.75, 3.05) is 26.9 Å². The van der Waals surface area contributed by atoms with Gasteiger partial charge < -0.3 is 19.5 Å². The highest BCUT2D eigenvalue weighted by Gasteiger charge is 2.11. The van der Waals surface area contributed by atoms with E-state index in [1.54, 1.807) is 7.11 Å². The quantitative estimate of drug-likeness (QED) is 0.444. The Kier molecular flexibility index (Phi) is 10.2. The molecule has 28 heavy (non-hydrogen) atoms. The normalized spacial score (nSPS) is 10.9. The topological polar surface area (TPSA) is 39.7 Å². The van der Waals surface area contributed by atoms with Crippen molar-refractivity contribution in [1.29, 1.82) is 0 Å². The van der Waals surface area contributed by atoms with Crippen molar-refractivity contribution < 1.29 is 14.2 Å². The van der Waals surface area contributed by atoms with E-state index in [-0.39, 0.29) is 0 Å². The molecular weight excluding hydrogens is 374 g/mol. The molecule has 5 heteroatoms. The Labute approximate surface area is 174 Å². The van der Waals surface area contributed by atoms with Crippen LogP contribution in [0.15, 0.2) is 36.4 Å². The molecule has 0 unspecified atom stereocenters. The van der Waals surface area contributed by atoms with Crippen LogP contribution in [0.3, 0.4) is 0 Å². The van der Waals surface area contributed by atoms with Gasteiger partial charge in [0.15, 0.2) is 11.5 Å². The zero-order valence-electron chi connectivity index (χ0n) is 17.2. The number of methoxy groups -OCH3 is 1. The summed E-state index contributed by atoms with van der Waals surface area (Å²) in [7, 11) is 1.65. The van der Waals surface area contributed by atoms with Crippen LogP contribution in [0.25, 0.3) is 0 Å². The third-order valence-electron chi connectivity index (χ3n) is 4.45. The van der Waals surface area contributed by atoms with Gasteiger partial charge in [0.05, 0.1) is 7.11 Å². The van der Waals surface area contributed by atoms with Crippen LogP contribution in [0.5, 0.6) is 11.5 Å². The number of hydrogen-bond acceptors (Lipinski definition) is 4. The fourth-order valence-electron chi connectivity index (χ4n) is 2.70. The number of halogens is 1. The van der Waals surface area contributed by atoms with Crippen molar-refractivity contribution in [2.24, 2.45) is 0 Å². The summed E-state index contributed by atoms with van der Waals surface area (Å²) in [5.74, 6) is 1.34. The molecule has 0 fully saturated rings. The van der Waals surface area contributed by atoms with E-state index in [1.165, 1.54) is 12.0 Å². The van der Waals surface area contributed by atoms with Crippen LogP contribution in [-0.4, -0.2) is 26.9 Å². The predicted molar refractivity (Wildman–Crippen MR) is 116 cm³/mol. The Hall–Kier alpha value is -1.75. The third-order valence-corrected chi connectivity index (χ3v) is 4.80. The minimum atomic E-state index is 0.475. The molecule has 0 aliphatic rings. The van der Waals surface area contributed by atoms with Gasteiger partial charge in [-0.3, -0.25) is 0 Å². The number of rotatable bonds is 13. The average molecular weight is 406 g/mol. The van der Waals surface area contributed by atoms with E-state index < -0.39 is 0 Å². The number of nitrogens with one attached hydrogen (secondary N) is 1. The molecule has 0 heterocycles. The van der Waals surface area contributed by atoms with Crippen molar-refractivity contribution in [3.8, 4) is 11.5 Å². The first-order valence-electron chi connectivity index (χ1n) is 9.97. The lowest BCUT2D eigenvalue weighted by Crippen LogP contribution is -2.17. The van der Waals surface area contributed by atoms with Gasteiger partial charge in [-0.15, -0.1) is 0 Å². The van der Waals surface area contributed by atoms with Gasteiger partial charge in [0.25, 0.3) is 0 Å². The molecule has 2 aromatic carbocycles. The average Bonchev–Trinajstić information content (AvgIpc) is 2.70. The molecule has 2 aromatic rings. The van der Waals surface area contributed by atoms with Gasteiger partial charge >= 0.3 is 0 Å². The summed E-state index contributed by atoms with van der Waals surface area (Å²) in [4.78, 5) is 0. The van der Waals surface area contributed by atoms with Crippen LogP contribution in [0.1, 0.15) is 42.9 Å². The van der Waals surface area contributed by atoms with Gasteiger partial charge in [0.2, 0.25) is 0 Å². The highest BCUT2D eigenvalue weighted by atomic mass is 35.5. The first-order chi connectivity index (χ1) is 13.6. The monoisotopic (exact) mass is 405 g/mol. The van der Waals surface area contributed by atoms with Crippen molar-refractivity contribution in [3.63, 3.8) is 0 Å². The number of hydrogen-bond donors (Lipinski definition) is 1. The molecule has 0 aliphatic heterocycles. The van der Waals surface area contributed by atoms with Crippen LogP contribution < -0.4 is 14.8 Å². The van der Waals surface area contributed by atoms with Crippen LogP contribution in [0.2, 0.25) is 5.02 Å². The van der Waals surface area contributed by atoms with Gasteiger partial charge in [-0.2, -0.15) is 0 Å². The molecule has 154 valence electrons. The minimum Gasteiger partial charge on any atom is -0.493 e. The molecule has 0 radical (unpaired) electrons. The van der Waals surface area contributed by atoms with Gasteiger partial charge in [-0.05, 0) is 43.5 Å². The summed E-state index contributed by atoms with van der Waals surface area (Å²) in [5, 5.41) is 4.08. The maximum absolute atomic E-state index is 6.46. The molecule has 0 atom stereocenters. The van der Waals surface area contributed by atoms with Crippen LogP contribution in [0.4, 0.5) is 0 Å². The SMILES string of the molecule is CCCCOCCCNCc1cc(OC)c(OCc2ccc(C)cc2)cc1Cl. The van der Waals surface area contributed by atoms with E-state index in [0.29, 0.717) is 29.7 Å². The van der Waals surface area contributed by atoms with E-state index >= 15 is 0 Å². The van der Waals surface area contributed by atoms with Crippen LogP contribution in [-0.2, 0) is 17.9 Å². The molecule has 0 aromatic heterocycles. The van der Waals surface area contributed by atoms with E-state index in [4.69, 9.17) is 25.8 Å². The fraction of sp³-hybridized carbons (Fsp3) is 0.478. The first kappa shape index (κ1) is 22.5. The number of benzene rings is 2. The molecule has 0 saturated heterocycles. The van der Waals surface area contributed by atoms with Crippen molar-refractivity contribution >= 4 is 11.6 Å². The molecule has 0 aliphatic carbocycles. The highest BCUT2D eigenvalue weighted by Crippen LogP contribution is 2.34. The largest absolute Gasteiger partial charge is 0.493 e. The van der Waals surface area contributed by atoms with Crippen molar-refractivity contribution in [3.05, 3.63) is 58.1 Å². The molecule has 0 amide bonds. The zero-order valence-corrected chi connectivity index (χ0v) is 18.0. The van der Waals surface area contributed by atoms with Gasteiger partial charge in [0.1, 0.15) is 6.61 Å². The molecule has 0 saturated carbocycles. The smallest absolute Gasteiger partial charge is 0.163 e. The summed E-state index contributed by atoms with van der Waals surface area (Å²) in [6.45, 7) is 7.92. The molecule has 0 spiro atoms. The lowest BCUT2D eigenvalue weighted by Gasteiger charge is -2.14. The second-order valence-corrected chi connectivity index (χ2v) is 7.27. The maximum Gasteiger partial charge on any atom is 0.163 e. The lowest BCUT2D eigenvalue weighted by atomic mass is 10.1. The summed E-state index contributed by atoms with van der Waals surface area (Å²) >= 11 is 6.46. The Morgan fingerprint density at radius 3 is 2.46 bits per heavy atom. The second-order valence-electron chi connectivity index (χ2n) is 6.87. The summed E-state index contributed by atoms with van der Waals surface area (Å²) in [5.41, 5.74) is 3.33. The third kappa shape index (κ3) is 7.70. The van der Waals surface area contributed by atoms with Gasteiger partial charge in [0, 0.05) is 30.8 Å². The molecule has 2 rings (SSSR count).